The average Bonchev–Trinajstić information content (AvgIpc) is 3.22. The van der Waals surface area contributed by atoms with Gasteiger partial charge in [0.15, 0.2) is 5.69 Å². The van der Waals surface area contributed by atoms with Crippen molar-refractivity contribution in [2.45, 2.75) is 25.2 Å². The Morgan fingerprint density at radius 3 is 2.87 bits per heavy atom. The second kappa shape index (κ2) is 5.73. The molecule has 8 nitrogen and oxygen atoms in total. The Morgan fingerprint density at radius 1 is 1.26 bits per heavy atom. The predicted octanol–water partition coefficient (Wildman–Crippen LogP) is 0.264. The van der Waals surface area contributed by atoms with Crippen molar-refractivity contribution in [3.8, 4) is 0 Å². The van der Waals surface area contributed by atoms with Gasteiger partial charge in [-0.15, -0.1) is 5.10 Å². The molecule has 2 N–H and O–H groups in total. The maximum absolute atomic E-state index is 12.5. The van der Waals surface area contributed by atoms with Crippen molar-refractivity contribution in [1.29, 1.82) is 0 Å². The van der Waals surface area contributed by atoms with Gasteiger partial charge < -0.3 is 10.5 Å². The molecule has 2 atom stereocenters. The van der Waals surface area contributed by atoms with Gasteiger partial charge in [0.2, 0.25) is 0 Å². The number of nitrogens with zero attached hydrogens (tertiary/aromatic N) is 4. The van der Waals surface area contributed by atoms with E-state index < -0.39 is 0 Å². The Hall–Kier alpha value is -2.29. The maximum Gasteiger partial charge on any atom is 0.299 e. The van der Waals surface area contributed by atoms with E-state index in [4.69, 9.17) is 15.3 Å². The van der Waals surface area contributed by atoms with Gasteiger partial charge in [-0.05, 0) is 11.1 Å². The van der Waals surface area contributed by atoms with Crippen molar-refractivity contribution in [3.05, 3.63) is 47.3 Å². The van der Waals surface area contributed by atoms with Crippen LogP contribution in [0.5, 0.6) is 0 Å². The van der Waals surface area contributed by atoms with E-state index in [9.17, 15) is 4.79 Å². The van der Waals surface area contributed by atoms with E-state index >= 15 is 0 Å². The minimum Gasteiger partial charge on any atom is -0.377 e. The summed E-state index contributed by atoms with van der Waals surface area (Å²) in [6, 6.07) is 7.66. The van der Waals surface area contributed by atoms with Crippen LogP contribution in [0.3, 0.4) is 0 Å². The highest BCUT2D eigenvalue weighted by atomic mass is 16.7. The summed E-state index contributed by atoms with van der Waals surface area (Å²) in [4.78, 5) is 18.1. The summed E-state index contributed by atoms with van der Waals surface area (Å²) in [5.74, 6) is -0.307. The normalized spacial score (nSPS) is 23.8. The summed E-state index contributed by atoms with van der Waals surface area (Å²) >= 11 is 0. The standard InChI is InChI=1S/C15H17N5O3/c16-12-8-22-9-14(12)19-6-13(17-18-19)15(21)20-5-10-3-1-2-4-11(10)7-23-20/h1-4,6,12,14H,5,7-9,16H2/t12-,14+/m1/s1. The Kier molecular flexibility index (Phi) is 3.56. The molecule has 4 rings (SSSR count). The van der Waals surface area contributed by atoms with E-state index in [1.165, 1.54) is 5.06 Å². The lowest BCUT2D eigenvalue weighted by Gasteiger charge is -2.27. The van der Waals surface area contributed by atoms with Crippen LogP contribution in [0.1, 0.15) is 27.7 Å². The molecule has 0 spiro atoms. The van der Waals surface area contributed by atoms with Crippen molar-refractivity contribution in [1.82, 2.24) is 20.1 Å². The predicted molar refractivity (Wildman–Crippen MR) is 79.0 cm³/mol. The molecule has 1 aromatic heterocycles. The first-order chi connectivity index (χ1) is 11.2. The molecule has 0 saturated carbocycles. The Morgan fingerprint density at radius 2 is 2.09 bits per heavy atom. The van der Waals surface area contributed by atoms with Crippen LogP contribution in [0.2, 0.25) is 0 Å². The number of carbonyl (C=O) groups excluding carboxylic acids is 1. The van der Waals surface area contributed by atoms with Crippen molar-refractivity contribution in [3.63, 3.8) is 0 Å². The lowest BCUT2D eigenvalue weighted by atomic mass is 10.1. The molecule has 0 radical (unpaired) electrons. The average molecular weight is 315 g/mol. The third kappa shape index (κ3) is 2.61. The number of carbonyl (C=O) groups is 1. The highest BCUT2D eigenvalue weighted by Gasteiger charge is 2.30. The molecule has 1 amide bonds. The molecule has 2 aromatic rings. The van der Waals surface area contributed by atoms with E-state index in [0.29, 0.717) is 26.4 Å². The third-order valence-electron chi connectivity index (χ3n) is 4.20. The number of hydroxylamine groups is 2. The van der Waals surface area contributed by atoms with Crippen LogP contribution in [0, 0.1) is 0 Å². The minimum absolute atomic E-state index is 0.0907. The molecular weight excluding hydrogens is 298 g/mol. The van der Waals surface area contributed by atoms with Gasteiger partial charge in [-0.3, -0.25) is 9.63 Å². The summed E-state index contributed by atoms with van der Waals surface area (Å²) < 4.78 is 6.92. The van der Waals surface area contributed by atoms with E-state index in [1.807, 2.05) is 24.3 Å². The molecular formula is C15H17N5O3. The molecule has 120 valence electrons. The van der Waals surface area contributed by atoms with Crippen molar-refractivity contribution < 1.29 is 14.4 Å². The molecule has 0 bridgehead atoms. The SMILES string of the molecule is N[C@@H]1COC[C@@H]1n1cc(C(=O)N2Cc3ccccc3CO2)nn1. The molecule has 0 aliphatic carbocycles. The number of amides is 1. The maximum atomic E-state index is 12.5. The van der Waals surface area contributed by atoms with Crippen LogP contribution >= 0.6 is 0 Å². The number of rotatable bonds is 2. The third-order valence-corrected chi connectivity index (χ3v) is 4.20. The lowest BCUT2D eigenvalue weighted by molar-refractivity contribution is -0.150. The van der Waals surface area contributed by atoms with E-state index in [2.05, 4.69) is 10.3 Å². The molecule has 0 unspecified atom stereocenters. The van der Waals surface area contributed by atoms with Gasteiger partial charge in [0.25, 0.3) is 5.91 Å². The monoisotopic (exact) mass is 315 g/mol. The van der Waals surface area contributed by atoms with Gasteiger partial charge in [0.1, 0.15) is 6.61 Å². The number of hydrogen-bond acceptors (Lipinski definition) is 6. The van der Waals surface area contributed by atoms with Gasteiger partial charge in [-0.1, -0.05) is 29.5 Å². The van der Waals surface area contributed by atoms with Crippen LogP contribution < -0.4 is 5.73 Å². The molecule has 3 heterocycles. The Balaban J connectivity index is 1.51. The van der Waals surface area contributed by atoms with Crippen LogP contribution in [0.15, 0.2) is 30.5 Å². The number of hydrogen-bond donors (Lipinski definition) is 1. The zero-order chi connectivity index (χ0) is 15.8. The van der Waals surface area contributed by atoms with E-state index in [-0.39, 0.29) is 23.7 Å². The number of ether oxygens (including phenoxy) is 1. The topological polar surface area (TPSA) is 95.5 Å². The fourth-order valence-electron chi connectivity index (χ4n) is 2.83. The number of benzene rings is 1. The first-order valence-corrected chi connectivity index (χ1v) is 7.49. The first kappa shape index (κ1) is 14.3. The number of aromatic nitrogens is 3. The van der Waals surface area contributed by atoms with Crippen LogP contribution in [0.25, 0.3) is 0 Å². The van der Waals surface area contributed by atoms with Gasteiger partial charge in [0.05, 0.1) is 38.0 Å². The second-order valence-electron chi connectivity index (χ2n) is 5.74. The van der Waals surface area contributed by atoms with E-state index in [0.717, 1.165) is 11.1 Å². The Labute approximate surface area is 132 Å². The summed E-state index contributed by atoms with van der Waals surface area (Å²) in [7, 11) is 0. The van der Waals surface area contributed by atoms with Crippen molar-refractivity contribution in [2.24, 2.45) is 5.73 Å². The molecule has 2 aliphatic heterocycles. The zero-order valence-corrected chi connectivity index (χ0v) is 12.5. The molecule has 8 heteroatoms. The number of nitrogens with two attached hydrogens (primary N) is 1. The first-order valence-electron chi connectivity index (χ1n) is 7.49. The minimum atomic E-state index is -0.307. The fraction of sp³-hybridized carbons (Fsp3) is 0.400. The number of fused-ring (bicyclic) bond motifs is 1. The fourth-order valence-corrected chi connectivity index (χ4v) is 2.83. The van der Waals surface area contributed by atoms with Crippen LogP contribution in [-0.4, -0.2) is 45.2 Å². The van der Waals surface area contributed by atoms with Crippen molar-refractivity contribution >= 4 is 5.91 Å². The summed E-state index contributed by atoms with van der Waals surface area (Å²) in [5.41, 5.74) is 8.36. The molecule has 2 aliphatic rings. The van der Waals surface area contributed by atoms with Gasteiger partial charge >= 0.3 is 0 Å². The summed E-state index contributed by atoms with van der Waals surface area (Å²) in [6.07, 6.45) is 1.60. The highest BCUT2D eigenvalue weighted by molar-refractivity contribution is 5.91. The second-order valence-corrected chi connectivity index (χ2v) is 5.74. The smallest absolute Gasteiger partial charge is 0.299 e. The van der Waals surface area contributed by atoms with Crippen LogP contribution in [-0.2, 0) is 22.7 Å². The lowest BCUT2D eigenvalue weighted by Crippen LogP contribution is -2.34. The molecule has 1 aromatic carbocycles. The largest absolute Gasteiger partial charge is 0.377 e. The van der Waals surface area contributed by atoms with Gasteiger partial charge in [-0.2, -0.15) is 0 Å². The van der Waals surface area contributed by atoms with Crippen LogP contribution in [0.4, 0.5) is 0 Å². The van der Waals surface area contributed by atoms with Gasteiger partial charge in [-0.25, -0.2) is 9.75 Å². The Bertz CT molecular complexity index is 731. The quantitative estimate of drug-likeness (QED) is 0.854. The summed E-state index contributed by atoms with van der Waals surface area (Å²) in [5, 5.41) is 9.29. The molecule has 1 saturated heterocycles. The zero-order valence-electron chi connectivity index (χ0n) is 12.5. The highest BCUT2D eigenvalue weighted by Crippen LogP contribution is 2.22. The molecule has 1 fully saturated rings. The summed E-state index contributed by atoms with van der Waals surface area (Å²) in [6.45, 7) is 1.73. The van der Waals surface area contributed by atoms with Gasteiger partial charge in [0, 0.05) is 0 Å². The van der Waals surface area contributed by atoms with E-state index in [1.54, 1.807) is 10.9 Å². The van der Waals surface area contributed by atoms with Crippen molar-refractivity contribution in [2.75, 3.05) is 13.2 Å². The molecule has 23 heavy (non-hydrogen) atoms.